The van der Waals surface area contributed by atoms with Crippen LogP contribution in [0.25, 0.3) is 10.9 Å². The number of fused-ring (bicyclic) bond motifs is 1. The first-order valence-corrected chi connectivity index (χ1v) is 11.6. The van der Waals surface area contributed by atoms with E-state index in [9.17, 15) is 9.59 Å². The topological polar surface area (TPSA) is 82.5 Å². The summed E-state index contributed by atoms with van der Waals surface area (Å²) in [5.41, 5.74) is 1.89. The van der Waals surface area contributed by atoms with Gasteiger partial charge in [-0.25, -0.2) is 9.78 Å². The number of amides is 3. The SMILES string of the molecule is CC(C)Cn1ccc2cc(NC(=O)NCCC(=O)N3CCN(c4ccccn4)CC3)ccc21. The smallest absolute Gasteiger partial charge is 0.319 e. The third kappa shape index (κ3) is 5.83. The zero-order chi connectivity index (χ0) is 23.2. The Morgan fingerprint density at radius 3 is 2.61 bits per heavy atom. The van der Waals surface area contributed by atoms with Crippen LogP contribution in [0.1, 0.15) is 20.3 Å². The number of rotatable bonds is 7. The van der Waals surface area contributed by atoms with E-state index in [1.807, 2.05) is 41.3 Å². The lowest BCUT2D eigenvalue weighted by molar-refractivity contribution is -0.131. The quantitative estimate of drug-likeness (QED) is 0.579. The lowest BCUT2D eigenvalue weighted by Gasteiger charge is -2.35. The van der Waals surface area contributed by atoms with Gasteiger partial charge in [-0.05, 0) is 42.3 Å². The fraction of sp³-hybridized carbons (Fsp3) is 0.400. The normalized spacial score (nSPS) is 14.0. The monoisotopic (exact) mass is 448 g/mol. The van der Waals surface area contributed by atoms with E-state index >= 15 is 0 Å². The summed E-state index contributed by atoms with van der Waals surface area (Å²) in [6.45, 7) is 8.51. The largest absolute Gasteiger partial charge is 0.353 e. The van der Waals surface area contributed by atoms with Crippen molar-refractivity contribution in [3.05, 3.63) is 54.9 Å². The fourth-order valence-corrected chi connectivity index (χ4v) is 4.17. The highest BCUT2D eigenvalue weighted by Gasteiger charge is 2.21. The van der Waals surface area contributed by atoms with E-state index in [0.717, 1.165) is 42.0 Å². The number of urea groups is 1. The second-order valence-corrected chi connectivity index (χ2v) is 8.82. The van der Waals surface area contributed by atoms with Gasteiger partial charge in [0.05, 0.1) is 0 Å². The summed E-state index contributed by atoms with van der Waals surface area (Å²) in [5, 5.41) is 6.75. The zero-order valence-electron chi connectivity index (χ0n) is 19.3. The van der Waals surface area contributed by atoms with Gasteiger partial charge in [0.15, 0.2) is 0 Å². The molecule has 0 saturated carbocycles. The number of carbonyl (C=O) groups is 2. The standard InChI is InChI=1S/C25H32N6O2/c1-19(2)18-31-12-9-20-17-21(6-7-22(20)31)28-25(33)27-11-8-24(32)30-15-13-29(14-16-30)23-5-3-4-10-26-23/h3-7,9-10,12,17,19H,8,11,13-16,18H2,1-2H3,(H2,27,28,33). The third-order valence-electron chi connectivity index (χ3n) is 5.82. The van der Waals surface area contributed by atoms with Gasteiger partial charge in [-0.15, -0.1) is 0 Å². The Hall–Kier alpha value is -3.55. The number of benzene rings is 1. The second kappa shape index (κ2) is 10.4. The molecular weight excluding hydrogens is 416 g/mol. The molecule has 1 aliphatic rings. The summed E-state index contributed by atoms with van der Waals surface area (Å²) in [7, 11) is 0. The van der Waals surface area contributed by atoms with Crippen molar-refractivity contribution >= 4 is 34.3 Å². The fourth-order valence-electron chi connectivity index (χ4n) is 4.17. The molecule has 2 aromatic heterocycles. The third-order valence-corrected chi connectivity index (χ3v) is 5.82. The molecule has 1 fully saturated rings. The highest BCUT2D eigenvalue weighted by Crippen LogP contribution is 2.21. The average Bonchev–Trinajstić information content (AvgIpc) is 3.21. The molecule has 33 heavy (non-hydrogen) atoms. The van der Waals surface area contributed by atoms with Crippen molar-refractivity contribution in [1.82, 2.24) is 19.8 Å². The molecule has 0 aliphatic carbocycles. The van der Waals surface area contributed by atoms with Gasteiger partial charge in [0.25, 0.3) is 0 Å². The Balaban J connectivity index is 1.20. The van der Waals surface area contributed by atoms with E-state index in [2.05, 4.69) is 51.2 Å². The first-order chi connectivity index (χ1) is 16.0. The van der Waals surface area contributed by atoms with Gasteiger partial charge in [-0.2, -0.15) is 0 Å². The highest BCUT2D eigenvalue weighted by molar-refractivity contribution is 5.93. The number of hydrogen-bond donors (Lipinski definition) is 2. The second-order valence-electron chi connectivity index (χ2n) is 8.82. The minimum absolute atomic E-state index is 0.0592. The summed E-state index contributed by atoms with van der Waals surface area (Å²) in [5.74, 6) is 1.57. The van der Waals surface area contributed by atoms with Crippen LogP contribution in [0.3, 0.4) is 0 Å². The first kappa shape index (κ1) is 22.6. The van der Waals surface area contributed by atoms with E-state index in [0.29, 0.717) is 25.6 Å². The van der Waals surface area contributed by atoms with Crippen LogP contribution in [0.15, 0.2) is 54.9 Å². The molecular formula is C25H32N6O2. The summed E-state index contributed by atoms with van der Waals surface area (Å²) >= 11 is 0. The molecule has 3 heterocycles. The maximum Gasteiger partial charge on any atom is 0.319 e. The molecule has 3 amide bonds. The molecule has 0 spiro atoms. The molecule has 0 atom stereocenters. The Labute approximate surface area is 194 Å². The lowest BCUT2D eigenvalue weighted by Crippen LogP contribution is -2.49. The van der Waals surface area contributed by atoms with Crippen LogP contribution in [-0.2, 0) is 11.3 Å². The van der Waals surface area contributed by atoms with Gasteiger partial charge < -0.3 is 25.0 Å². The van der Waals surface area contributed by atoms with Crippen LogP contribution in [0, 0.1) is 5.92 Å². The molecule has 174 valence electrons. The van der Waals surface area contributed by atoms with Gasteiger partial charge in [0, 0.05) is 74.7 Å². The molecule has 0 bridgehead atoms. The van der Waals surface area contributed by atoms with Crippen molar-refractivity contribution in [2.24, 2.45) is 5.92 Å². The van der Waals surface area contributed by atoms with Crippen molar-refractivity contribution in [2.75, 3.05) is 42.9 Å². The molecule has 4 rings (SSSR count). The van der Waals surface area contributed by atoms with Crippen molar-refractivity contribution in [3.63, 3.8) is 0 Å². The zero-order valence-corrected chi connectivity index (χ0v) is 19.3. The average molecular weight is 449 g/mol. The predicted octanol–water partition coefficient (Wildman–Crippen LogP) is 3.55. The first-order valence-electron chi connectivity index (χ1n) is 11.6. The number of anilines is 2. The van der Waals surface area contributed by atoms with Gasteiger partial charge >= 0.3 is 6.03 Å². The maximum absolute atomic E-state index is 12.5. The Morgan fingerprint density at radius 2 is 1.88 bits per heavy atom. The van der Waals surface area contributed by atoms with Crippen LogP contribution in [0.5, 0.6) is 0 Å². The minimum atomic E-state index is -0.302. The molecule has 2 N–H and O–H groups in total. The number of pyridine rings is 1. The van der Waals surface area contributed by atoms with Crippen LogP contribution in [0.4, 0.5) is 16.3 Å². The van der Waals surface area contributed by atoms with Crippen LogP contribution in [0.2, 0.25) is 0 Å². The van der Waals surface area contributed by atoms with E-state index in [4.69, 9.17) is 0 Å². The number of hydrogen-bond acceptors (Lipinski definition) is 4. The van der Waals surface area contributed by atoms with Gasteiger partial charge in [0.1, 0.15) is 5.82 Å². The van der Waals surface area contributed by atoms with Gasteiger partial charge in [-0.3, -0.25) is 4.79 Å². The summed E-state index contributed by atoms with van der Waals surface area (Å²) in [4.78, 5) is 33.2. The summed E-state index contributed by atoms with van der Waals surface area (Å²) in [6, 6.07) is 13.5. The van der Waals surface area contributed by atoms with E-state index < -0.39 is 0 Å². The number of carbonyl (C=O) groups excluding carboxylic acids is 2. The number of nitrogens with zero attached hydrogens (tertiary/aromatic N) is 4. The van der Waals surface area contributed by atoms with Crippen molar-refractivity contribution < 1.29 is 9.59 Å². The molecule has 3 aromatic rings. The Bertz CT molecular complexity index is 1090. The Kier molecular flexibility index (Phi) is 7.12. The molecule has 8 nitrogen and oxygen atoms in total. The molecule has 0 radical (unpaired) electrons. The highest BCUT2D eigenvalue weighted by atomic mass is 16.2. The summed E-state index contributed by atoms with van der Waals surface area (Å²) < 4.78 is 2.23. The molecule has 1 saturated heterocycles. The Morgan fingerprint density at radius 1 is 1.06 bits per heavy atom. The van der Waals surface area contributed by atoms with E-state index in [1.165, 1.54) is 0 Å². The maximum atomic E-state index is 12.5. The van der Waals surface area contributed by atoms with E-state index in [1.54, 1.807) is 6.20 Å². The van der Waals surface area contributed by atoms with Crippen LogP contribution in [-0.4, -0.2) is 59.1 Å². The van der Waals surface area contributed by atoms with Crippen LogP contribution >= 0.6 is 0 Å². The molecule has 1 aromatic carbocycles. The summed E-state index contributed by atoms with van der Waals surface area (Å²) in [6.07, 6.45) is 4.15. The molecule has 8 heteroatoms. The number of aromatic nitrogens is 2. The predicted molar refractivity (Wildman–Crippen MR) is 131 cm³/mol. The number of nitrogens with one attached hydrogen (secondary N) is 2. The van der Waals surface area contributed by atoms with E-state index in [-0.39, 0.29) is 18.4 Å². The van der Waals surface area contributed by atoms with Crippen molar-refractivity contribution in [1.29, 1.82) is 0 Å². The lowest BCUT2D eigenvalue weighted by atomic mass is 10.2. The van der Waals surface area contributed by atoms with Crippen molar-refractivity contribution in [2.45, 2.75) is 26.8 Å². The van der Waals surface area contributed by atoms with Crippen molar-refractivity contribution in [3.8, 4) is 0 Å². The molecule has 1 aliphatic heterocycles. The minimum Gasteiger partial charge on any atom is -0.353 e. The van der Waals surface area contributed by atoms with Crippen LogP contribution < -0.4 is 15.5 Å². The number of piperazine rings is 1. The van der Waals surface area contributed by atoms with Gasteiger partial charge in [-0.1, -0.05) is 19.9 Å². The van der Waals surface area contributed by atoms with Gasteiger partial charge in [0.2, 0.25) is 5.91 Å². The molecule has 0 unspecified atom stereocenters.